The van der Waals surface area contributed by atoms with Crippen molar-refractivity contribution in [3.63, 3.8) is 0 Å². The van der Waals surface area contributed by atoms with Gasteiger partial charge in [-0.3, -0.25) is 14.9 Å². The van der Waals surface area contributed by atoms with Crippen molar-refractivity contribution in [1.82, 2.24) is 4.57 Å². The number of nitro benzene ring substituents is 1. The van der Waals surface area contributed by atoms with E-state index in [4.69, 9.17) is 0 Å². The molecule has 0 radical (unpaired) electrons. The van der Waals surface area contributed by atoms with Crippen molar-refractivity contribution in [1.29, 1.82) is 0 Å². The highest BCUT2D eigenvalue weighted by Crippen LogP contribution is 2.19. The van der Waals surface area contributed by atoms with Gasteiger partial charge in [0, 0.05) is 25.3 Å². The number of non-ortho nitro benzene ring substituents is 1. The van der Waals surface area contributed by atoms with Gasteiger partial charge >= 0.3 is 0 Å². The molecule has 0 aliphatic rings. The van der Waals surface area contributed by atoms with Crippen molar-refractivity contribution in [2.75, 3.05) is 0 Å². The number of nitrogens with zero attached hydrogens (tertiary/aromatic N) is 3. The van der Waals surface area contributed by atoms with Gasteiger partial charge < -0.3 is 4.57 Å². The Morgan fingerprint density at radius 1 is 1.31 bits per heavy atom. The number of aromatic nitrogens is 1. The van der Waals surface area contributed by atoms with Crippen LogP contribution in [0.15, 0.2) is 53.5 Å². The van der Waals surface area contributed by atoms with Crippen molar-refractivity contribution in [3.8, 4) is 0 Å². The van der Waals surface area contributed by atoms with E-state index in [0.29, 0.717) is 10.4 Å². The van der Waals surface area contributed by atoms with Crippen molar-refractivity contribution in [2.45, 2.75) is 13.3 Å². The topological polar surface area (TPSA) is 77.5 Å². The quantitative estimate of drug-likeness (QED) is 0.399. The summed E-state index contributed by atoms with van der Waals surface area (Å²) in [6.45, 7) is 2.10. The second-order valence-electron chi connectivity index (χ2n) is 5.73. The average Bonchev–Trinajstić information content (AvgIpc) is 2.95. The molecule has 7 heteroatoms. The first-order chi connectivity index (χ1) is 12.5. The molecule has 26 heavy (non-hydrogen) atoms. The summed E-state index contributed by atoms with van der Waals surface area (Å²) in [5, 5.41) is 10.8. The third kappa shape index (κ3) is 3.78. The highest BCUT2D eigenvalue weighted by Gasteiger charge is 2.06. The lowest BCUT2D eigenvalue weighted by Gasteiger charge is -1.97. The number of hydrogen-bond acceptors (Lipinski definition) is 4. The van der Waals surface area contributed by atoms with Crippen molar-refractivity contribution in [3.05, 3.63) is 74.6 Å². The van der Waals surface area contributed by atoms with Crippen LogP contribution in [-0.4, -0.2) is 15.4 Å². The molecule has 1 heterocycles. The van der Waals surface area contributed by atoms with Crippen LogP contribution >= 0.6 is 11.3 Å². The summed E-state index contributed by atoms with van der Waals surface area (Å²) in [6, 6.07) is 12.3. The molecule has 0 spiro atoms. The first kappa shape index (κ1) is 17.8. The third-order valence-electron chi connectivity index (χ3n) is 3.99. The number of rotatable bonds is 4. The molecule has 1 aromatic heterocycles. The van der Waals surface area contributed by atoms with Crippen molar-refractivity contribution >= 4 is 39.2 Å². The molecule has 0 unspecified atom stereocenters. The van der Waals surface area contributed by atoms with Gasteiger partial charge in [-0.05, 0) is 35.8 Å². The van der Waals surface area contributed by atoms with Crippen LogP contribution in [0.25, 0.3) is 16.3 Å². The zero-order valence-electron chi connectivity index (χ0n) is 14.4. The van der Waals surface area contributed by atoms with Crippen molar-refractivity contribution in [2.24, 2.45) is 12.0 Å². The molecule has 6 nitrogen and oxygen atoms in total. The summed E-state index contributed by atoms with van der Waals surface area (Å²) in [6.07, 6.45) is 3.80. The number of amides is 1. The van der Waals surface area contributed by atoms with E-state index in [-0.39, 0.29) is 5.69 Å². The minimum Gasteiger partial charge on any atom is -0.319 e. The van der Waals surface area contributed by atoms with Gasteiger partial charge in [-0.2, -0.15) is 4.99 Å². The Hall–Kier alpha value is -3.06. The molecule has 132 valence electrons. The molecule has 0 aliphatic heterocycles. The maximum Gasteiger partial charge on any atom is 0.272 e. The maximum atomic E-state index is 12.2. The van der Waals surface area contributed by atoms with Crippen LogP contribution in [0, 0.1) is 10.1 Å². The molecule has 0 fully saturated rings. The molecule has 2 aromatic carbocycles. The van der Waals surface area contributed by atoms with E-state index in [1.54, 1.807) is 12.1 Å². The van der Waals surface area contributed by atoms with Gasteiger partial charge in [-0.15, -0.1) is 0 Å². The number of carbonyl (C=O) groups excluding carboxylic acids is 1. The molecular formula is C19H17N3O3S. The normalized spacial score (nSPS) is 12.2. The fourth-order valence-corrected chi connectivity index (χ4v) is 3.63. The van der Waals surface area contributed by atoms with E-state index < -0.39 is 10.8 Å². The van der Waals surface area contributed by atoms with Crippen LogP contribution in [0.4, 0.5) is 5.69 Å². The Labute approximate surface area is 153 Å². The maximum absolute atomic E-state index is 12.2. The second-order valence-corrected chi connectivity index (χ2v) is 6.74. The third-order valence-corrected chi connectivity index (χ3v) is 5.08. The van der Waals surface area contributed by atoms with Crippen LogP contribution < -0.4 is 4.80 Å². The van der Waals surface area contributed by atoms with Gasteiger partial charge in [0.25, 0.3) is 11.6 Å². The minimum atomic E-state index is -0.467. The average molecular weight is 367 g/mol. The highest BCUT2D eigenvalue weighted by atomic mass is 32.1. The fraction of sp³-hybridized carbons (Fsp3) is 0.158. The van der Waals surface area contributed by atoms with E-state index in [0.717, 1.165) is 16.6 Å². The number of thiazole rings is 1. The zero-order chi connectivity index (χ0) is 18.7. The Morgan fingerprint density at radius 2 is 2.12 bits per heavy atom. The molecule has 0 saturated carbocycles. The molecule has 0 aliphatic carbocycles. The van der Waals surface area contributed by atoms with Gasteiger partial charge in [0.1, 0.15) is 0 Å². The number of carbonyl (C=O) groups is 1. The molecule has 0 N–H and O–H groups in total. The van der Waals surface area contributed by atoms with Gasteiger partial charge in [0.05, 0.1) is 15.1 Å². The first-order valence-electron chi connectivity index (χ1n) is 8.07. The summed E-state index contributed by atoms with van der Waals surface area (Å²) >= 11 is 1.46. The lowest BCUT2D eigenvalue weighted by atomic mass is 10.2. The van der Waals surface area contributed by atoms with Crippen LogP contribution in [0.1, 0.15) is 18.1 Å². The van der Waals surface area contributed by atoms with Crippen LogP contribution in [0.3, 0.4) is 0 Å². The fourth-order valence-electron chi connectivity index (χ4n) is 2.55. The van der Waals surface area contributed by atoms with E-state index in [1.165, 1.54) is 41.2 Å². The summed E-state index contributed by atoms with van der Waals surface area (Å²) in [7, 11) is 1.88. The molecule has 0 saturated heterocycles. The van der Waals surface area contributed by atoms with E-state index in [1.807, 2.05) is 17.7 Å². The van der Waals surface area contributed by atoms with Gasteiger partial charge in [0.15, 0.2) is 4.80 Å². The molecule has 3 aromatic rings. The Morgan fingerprint density at radius 3 is 2.85 bits per heavy atom. The Kier molecular flexibility index (Phi) is 5.09. The monoisotopic (exact) mass is 367 g/mol. The van der Waals surface area contributed by atoms with Crippen LogP contribution in [-0.2, 0) is 18.3 Å². The standard InChI is InChI=1S/C19H17N3O3S/c1-3-13-7-9-16-17(12-13)26-19(21(16)2)20-18(23)10-8-14-5-4-6-15(11-14)22(24)25/h4-12H,3H2,1-2H3. The second kappa shape index (κ2) is 7.45. The van der Waals surface area contributed by atoms with Gasteiger partial charge in [-0.1, -0.05) is 36.5 Å². The van der Waals surface area contributed by atoms with Crippen LogP contribution in [0.2, 0.25) is 0 Å². The van der Waals surface area contributed by atoms with E-state index in [2.05, 4.69) is 24.0 Å². The first-order valence-corrected chi connectivity index (χ1v) is 8.89. The number of fused-ring (bicyclic) bond motifs is 1. The summed E-state index contributed by atoms with van der Waals surface area (Å²) < 4.78 is 2.97. The predicted octanol–water partition coefficient (Wildman–Crippen LogP) is 3.85. The van der Waals surface area contributed by atoms with Crippen molar-refractivity contribution < 1.29 is 9.72 Å². The number of hydrogen-bond donors (Lipinski definition) is 0. The lowest BCUT2D eigenvalue weighted by molar-refractivity contribution is -0.384. The smallest absolute Gasteiger partial charge is 0.272 e. The zero-order valence-corrected chi connectivity index (χ0v) is 15.2. The number of aryl methyl sites for hydroxylation is 2. The predicted molar refractivity (Wildman–Crippen MR) is 103 cm³/mol. The summed E-state index contributed by atoms with van der Waals surface area (Å²) in [5.74, 6) is -0.408. The Bertz CT molecular complexity index is 1090. The highest BCUT2D eigenvalue weighted by molar-refractivity contribution is 7.16. The SMILES string of the molecule is CCc1ccc2c(c1)sc(=NC(=O)C=Cc1cccc([N+](=O)[O-])c1)n2C. The van der Waals surface area contributed by atoms with E-state index >= 15 is 0 Å². The molecule has 0 atom stereocenters. The Balaban J connectivity index is 1.89. The van der Waals surface area contributed by atoms with Gasteiger partial charge in [-0.25, -0.2) is 0 Å². The molecule has 0 bridgehead atoms. The summed E-state index contributed by atoms with van der Waals surface area (Å²) in [5.41, 5.74) is 2.83. The number of benzene rings is 2. The lowest BCUT2D eigenvalue weighted by Crippen LogP contribution is -2.12. The molecule has 3 rings (SSSR count). The largest absolute Gasteiger partial charge is 0.319 e. The molecular weight excluding hydrogens is 350 g/mol. The number of nitro groups is 1. The molecule has 1 amide bonds. The van der Waals surface area contributed by atoms with E-state index in [9.17, 15) is 14.9 Å². The minimum absolute atomic E-state index is 0.0147. The van der Waals surface area contributed by atoms with Gasteiger partial charge in [0.2, 0.25) is 0 Å². The summed E-state index contributed by atoms with van der Waals surface area (Å²) in [4.78, 5) is 27.2. The van der Waals surface area contributed by atoms with Crippen LogP contribution in [0.5, 0.6) is 0 Å².